The standard InChI is InChI=1S/C15H20N2O2/c18-14-12-10-3-4-11(9-10)13(12)15(19)17(14)8-7-16-5-1-2-6-16/h3-4,10-13H,1-2,5-9H2. The van der Waals surface area contributed by atoms with E-state index in [-0.39, 0.29) is 23.7 Å². The molecule has 2 amide bonds. The molecule has 0 radical (unpaired) electrons. The van der Waals surface area contributed by atoms with Gasteiger partial charge in [-0.15, -0.1) is 0 Å². The van der Waals surface area contributed by atoms with Crippen molar-refractivity contribution in [3.63, 3.8) is 0 Å². The zero-order valence-electron chi connectivity index (χ0n) is 11.1. The molecule has 4 heteroatoms. The van der Waals surface area contributed by atoms with E-state index in [1.807, 2.05) is 0 Å². The molecule has 0 spiro atoms. The van der Waals surface area contributed by atoms with Gasteiger partial charge in [0.05, 0.1) is 11.8 Å². The summed E-state index contributed by atoms with van der Waals surface area (Å²) >= 11 is 0. The quantitative estimate of drug-likeness (QED) is 0.559. The highest BCUT2D eigenvalue weighted by Gasteiger charge is 2.58. The summed E-state index contributed by atoms with van der Waals surface area (Å²) in [4.78, 5) is 28.8. The fourth-order valence-electron chi connectivity index (χ4n) is 4.43. The molecular weight excluding hydrogens is 240 g/mol. The fraction of sp³-hybridized carbons (Fsp3) is 0.733. The number of imide groups is 1. The first-order chi connectivity index (χ1) is 9.25. The van der Waals surface area contributed by atoms with Crippen LogP contribution < -0.4 is 0 Å². The van der Waals surface area contributed by atoms with Crippen molar-refractivity contribution in [2.24, 2.45) is 23.7 Å². The molecule has 4 atom stereocenters. The Hall–Kier alpha value is -1.16. The predicted molar refractivity (Wildman–Crippen MR) is 70.1 cm³/mol. The van der Waals surface area contributed by atoms with E-state index in [9.17, 15) is 9.59 Å². The number of carbonyl (C=O) groups excluding carboxylic acids is 2. The van der Waals surface area contributed by atoms with Crippen LogP contribution in [-0.2, 0) is 9.59 Å². The first-order valence-corrected chi connectivity index (χ1v) is 7.51. The van der Waals surface area contributed by atoms with Crippen molar-refractivity contribution in [1.82, 2.24) is 9.80 Å². The van der Waals surface area contributed by atoms with E-state index in [4.69, 9.17) is 0 Å². The predicted octanol–water partition coefficient (Wildman–Crippen LogP) is 0.889. The molecule has 0 aromatic carbocycles. The highest BCUT2D eigenvalue weighted by atomic mass is 16.2. The van der Waals surface area contributed by atoms with Crippen LogP contribution in [0.5, 0.6) is 0 Å². The molecule has 2 heterocycles. The molecule has 0 aromatic rings. The average Bonchev–Trinajstić information content (AvgIpc) is 3.14. The zero-order valence-corrected chi connectivity index (χ0v) is 11.1. The highest BCUT2D eigenvalue weighted by Crippen LogP contribution is 2.52. The molecule has 2 aliphatic carbocycles. The second-order valence-corrected chi connectivity index (χ2v) is 6.38. The van der Waals surface area contributed by atoms with Crippen LogP contribution in [0.2, 0.25) is 0 Å². The van der Waals surface area contributed by atoms with Gasteiger partial charge in [0, 0.05) is 13.1 Å². The van der Waals surface area contributed by atoms with Gasteiger partial charge in [0.1, 0.15) is 0 Å². The Labute approximate surface area is 113 Å². The van der Waals surface area contributed by atoms with E-state index < -0.39 is 0 Å². The van der Waals surface area contributed by atoms with Crippen LogP contribution >= 0.6 is 0 Å². The Kier molecular flexibility index (Phi) is 2.56. The minimum Gasteiger partial charge on any atom is -0.302 e. The molecule has 19 heavy (non-hydrogen) atoms. The van der Waals surface area contributed by atoms with Gasteiger partial charge in [0.2, 0.25) is 11.8 Å². The molecular formula is C15H20N2O2. The van der Waals surface area contributed by atoms with E-state index >= 15 is 0 Å². The van der Waals surface area contributed by atoms with E-state index in [1.54, 1.807) is 4.90 Å². The summed E-state index contributed by atoms with van der Waals surface area (Å²) in [6.07, 6.45) is 7.83. The number of carbonyl (C=O) groups is 2. The van der Waals surface area contributed by atoms with Crippen molar-refractivity contribution >= 4 is 11.8 Å². The molecule has 102 valence electrons. The molecule has 2 bridgehead atoms. The van der Waals surface area contributed by atoms with Crippen molar-refractivity contribution in [3.8, 4) is 0 Å². The number of rotatable bonds is 3. The maximum absolute atomic E-state index is 12.4. The van der Waals surface area contributed by atoms with E-state index in [0.717, 1.165) is 26.1 Å². The van der Waals surface area contributed by atoms with Crippen LogP contribution in [0.25, 0.3) is 0 Å². The smallest absolute Gasteiger partial charge is 0.233 e. The maximum atomic E-state index is 12.4. The van der Waals surface area contributed by atoms with Gasteiger partial charge in [0.15, 0.2) is 0 Å². The number of likely N-dealkylation sites (tertiary alicyclic amines) is 2. The minimum absolute atomic E-state index is 0.0268. The molecule has 0 N–H and O–H groups in total. The number of nitrogens with zero attached hydrogens (tertiary/aromatic N) is 2. The minimum atomic E-state index is -0.0268. The summed E-state index contributed by atoms with van der Waals surface area (Å²) in [7, 11) is 0. The lowest BCUT2D eigenvalue weighted by atomic mass is 9.85. The fourth-order valence-corrected chi connectivity index (χ4v) is 4.43. The lowest BCUT2D eigenvalue weighted by molar-refractivity contribution is -0.140. The molecule has 2 saturated heterocycles. The monoisotopic (exact) mass is 260 g/mol. The average molecular weight is 260 g/mol. The molecule has 0 aromatic heterocycles. The number of allylic oxidation sites excluding steroid dienone is 2. The number of fused-ring (bicyclic) bond motifs is 5. The third-order valence-corrected chi connectivity index (χ3v) is 5.40. The van der Waals surface area contributed by atoms with Crippen LogP contribution in [0, 0.1) is 23.7 Å². The van der Waals surface area contributed by atoms with Crippen LogP contribution in [-0.4, -0.2) is 47.8 Å². The van der Waals surface area contributed by atoms with Crippen LogP contribution in [0.1, 0.15) is 19.3 Å². The Balaban J connectivity index is 1.46. The molecule has 2 aliphatic heterocycles. The van der Waals surface area contributed by atoms with Gasteiger partial charge < -0.3 is 4.90 Å². The lowest BCUT2D eigenvalue weighted by Crippen LogP contribution is -2.39. The normalized spacial score (nSPS) is 40.7. The molecule has 4 rings (SSSR count). The van der Waals surface area contributed by atoms with Crippen LogP contribution in [0.3, 0.4) is 0 Å². The van der Waals surface area contributed by atoms with Crippen molar-refractivity contribution in [1.29, 1.82) is 0 Å². The summed E-state index contributed by atoms with van der Waals surface area (Å²) in [5, 5.41) is 0. The summed E-state index contributed by atoms with van der Waals surface area (Å²) < 4.78 is 0. The molecule has 4 nitrogen and oxygen atoms in total. The van der Waals surface area contributed by atoms with Crippen molar-refractivity contribution < 1.29 is 9.59 Å². The van der Waals surface area contributed by atoms with Gasteiger partial charge in [-0.25, -0.2) is 0 Å². The van der Waals surface area contributed by atoms with Crippen LogP contribution in [0.15, 0.2) is 12.2 Å². The molecule has 4 unspecified atom stereocenters. The van der Waals surface area contributed by atoms with Crippen molar-refractivity contribution in [3.05, 3.63) is 12.2 Å². The molecule has 3 fully saturated rings. The maximum Gasteiger partial charge on any atom is 0.233 e. The second-order valence-electron chi connectivity index (χ2n) is 6.38. The summed E-state index contributed by atoms with van der Waals surface area (Å²) in [6, 6.07) is 0. The molecule has 1 saturated carbocycles. The van der Waals surface area contributed by atoms with E-state index in [1.165, 1.54) is 12.8 Å². The van der Waals surface area contributed by atoms with E-state index in [2.05, 4.69) is 17.1 Å². The van der Waals surface area contributed by atoms with Gasteiger partial charge >= 0.3 is 0 Å². The number of hydrogen-bond donors (Lipinski definition) is 0. The highest BCUT2D eigenvalue weighted by molar-refractivity contribution is 6.06. The lowest BCUT2D eigenvalue weighted by Gasteiger charge is -2.21. The first-order valence-electron chi connectivity index (χ1n) is 7.51. The summed E-state index contributed by atoms with van der Waals surface area (Å²) in [5.74, 6) is 0.825. The first kappa shape index (κ1) is 11.6. The van der Waals surface area contributed by atoms with Gasteiger partial charge in [-0.05, 0) is 44.2 Å². The van der Waals surface area contributed by atoms with Crippen molar-refractivity contribution in [2.75, 3.05) is 26.2 Å². The van der Waals surface area contributed by atoms with Gasteiger partial charge in [-0.1, -0.05) is 12.2 Å². The Morgan fingerprint density at radius 2 is 1.53 bits per heavy atom. The second kappa shape index (κ2) is 4.17. The summed E-state index contributed by atoms with van der Waals surface area (Å²) in [5.41, 5.74) is 0. The largest absolute Gasteiger partial charge is 0.302 e. The Bertz CT molecular complexity index is 423. The summed E-state index contributed by atoms with van der Waals surface area (Å²) in [6.45, 7) is 3.70. The van der Waals surface area contributed by atoms with Gasteiger partial charge in [0.25, 0.3) is 0 Å². The van der Waals surface area contributed by atoms with Crippen molar-refractivity contribution in [2.45, 2.75) is 19.3 Å². The van der Waals surface area contributed by atoms with Gasteiger partial charge in [-0.3, -0.25) is 14.5 Å². The van der Waals surface area contributed by atoms with E-state index in [0.29, 0.717) is 18.4 Å². The third-order valence-electron chi connectivity index (χ3n) is 5.40. The SMILES string of the molecule is O=C1C2C3C=CC(C3)C2C(=O)N1CCN1CCCC1. The Morgan fingerprint density at radius 3 is 2.11 bits per heavy atom. The number of hydrogen-bond acceptors (Lipinski definition) is 3. The van der Waals surface area contributed by atoms with Crippen LogP contribution in [0.4, 0.5) is 0 Å². The topological polar surface area (TPSA) is 40.6 Å². The third kappa shape index (κ3) is 1.62. The molecule has 4 aliphatic rings. The zero-order chi connectivity index (χ0) is 13.0. The number of amides is 2. The Morgan fingerprint density at radius 1 is 0.947 bits per heavy atom. The van der Waals surface area contributed by atoms with Gasteiger partial charge in [-0.2, -0.15) is 0 Å².